The van der Waals surface area contributed by atoms with Gasteiger partial charge >= 0.3 is 0 Å². The van der Waals surface area contributed by atoms with Gasteiger partial charge in [-0.15, -0.1) is 0 Å². The first-order valence-electron chi connectivity index (χ1n) is 8.94. The van der Waals surface area contributed by atoms with E-state index in [4.69, 9.17) is 16.3 Å². The van der Waals surface area contributed by atoms with Crippen LogP contribution in [0.2, 0.25) is 16.6 Å². The highest BCUT2D eigenvalue weighted by molar-refractivity contribution is 6.87. The predicted octanol–water partition coefficient (Wildman–Crippen LogP) is 4.78. The number of ether oxygens (including phenoxy) is 1. The number of nitrogens with zero attached hydrogens (tertiary/aromatic N) is 2. The maximum atomic E-state index is 15.2. The highest BCUT2D eigenvalue weighted by Gasteiger charge is 2.43. The molecule has 1 unspecified atom stereocenters. The summed E-state index contributed by atoms with van der Waals surface area (Å²) in [5.41, 5.74) is 0.0142. The van der Waals surface area contributed by atoms with Crippen LogP contribution in [-0.2, 0) is 12.1 Å². The van der Waals surface area contributed by atoms with E-state index >= 15 is 4.11 Å². The molecule has 4 nitrogen and oxygen atoms in total. The van der Waals surface area contributed by atoms with Gasteiger partial charge in [0, 0.05) is 0 Å². The molecule has 1 atom stereocenters. The molecule has 0 aliphatic rings. The van der Waals surface area contributed by atoms with Crippen LogP contribution in [0.25, 0.3) is 0 Å². The van der Waals surface area contributed by atoms with E-state index < -0.39 is 13.9 Å². The first-order valence-corrected chi connectivity index (χ1v) is 11.7. The van der Waals surface area contributed by atoms with Crippen LogP contribution in [0.1, 0.15) is 47.1 Å². The molecule has 0 aliphatic carbocycles. The van der Waals surface area contributed by atoms with Crippen LogP contribution in [-0.4, -0.2) is 18.2 Å². The molecule has 1 heterocycles. The average molecular weight is 411 g/mol. The molecular formula is C20H28ClFN2O2Si. The van der Waals surface area contributed by atoms with Gasteiger partial charge in [-0.25, -0.2) is 4.68 Å². The van der Waals surface area contributed by atoms with E-state index in [2.05, 4.69) is 5.10 Å². The molecule has 0 fully saturated rings. The van der Waals surface area contributed by atoms with Crippen molar-refractivity contribution in [2.45, 2.75) is 65.3 Å². The molecule has 27 heavy (non-hydrogen) atoms. The van der Waals surface area contributed by atoms with E-state index in [1.165, 1.54) is 10.9 Å². The molecule has 0 bridgehead atoms. The molecule has 0 N–H and O–H groups in total. The van der Waals surface area contributed by atoms with Gasteiger partial charge in [-0.05, 0) is 43.1 Å². The van der Waals surface area contributed by atoms with Gasteiger partial charge in [0.05, 0.1) is 11.7 Å². The Labute approximate surface area is 166 Å². The van der Waals surface area contributed by atoms with Gasteiger partial charge in [0.1, 0.15) is 6.61 Å². The number of aromatic nitrogens is 2. The van der Waals surface area contributed by atoms with Gasteiger partial charge in [-0.3, -0.25) is 4.79 Å². The smallest absolute Gasteiger partial charge is 0.289 e. The summed E-state index contributed by atoms with van der Waals surface area (Å²) >= 11 is 6.16. The molecule has 0 spiro atoms. The molecule has 0 amide bonds. The van der Waals surface area contributed by atoms with Crippen LogP contribution in [0.5, 0.6) is 5.75 Å². The summed E-state index contributed by atoms with van der Waals surface area (Å²) in [6.07, 6.45) is 1.45. The van der Waals surface area contributed by atoms with Crippen molar-refractivity contribution in [2.24, 2.45) is 0 Å². The number of hydrogen-bond donors (Lipinski definition) is 0. The summed E-state index contributed by atoms with van der Waals surface area (Å²) in [6.45, 7) is 13.4. The Morgan fingerprint density at radius 1 is 1.15 bits per heavy atom. The summed E-state index contributed by atoms with van der Waals surface area (Å²) in [5, 5.41) is 4.54. The molecule has 0 radical (unpaired) electrons. The van der Waals surface area contributed by atoms with Gasteiger partial charge in [0.15, 0.2) is 10.8 Å². The zero-order valence-electron chi connectivity index (χ0n) is 17.1. The fourth-order valence-electron chi connectivity index (χ4n) is 2.50. The minimum Gasteiger partial charge on any atom is -0.485 e. The number of rotatable bonds is 4. The van der Waals surface area contributed by atoms with E-state index in [9.17, 15) is 4.79 Å². The Kier molecular flexibility index (Phi) is 5.93. The lowest BCUT2D eigenvalue weighted by Crippen LogP contribution is -2.48. The van der Waals surface area contributed by atoms with Crippen molar-refractivity contribution < 1.29 is 8.84 Å². The van der Waals surface area contributed by atoms with Crippen LogP contribution in [0.15, 0.2) is 35.3 Å². The molecule has 7 heteroatoms. The number of benzene rings is 1. The van der Waals surface area contributed by atoms with E-state index in [-0.39, 0.29) is 28.0 Å². The maximum Gasteiger partial charge on any atom is 0.289 e. The van der Waals surface area contributed by atoms with Crippen LogP contribution < -0.4 is 15.5 Å². The minimum absolute atomic E-state index is 0.00742. The first kappa shape index (κ1) is 21.6. The van der Waals surface area contributed by atoms with Gasteiger partial charge < -0.3 is 8.84 Å². The molecule has 2 aromatic rings. The second-order valence-corrected chi connectivity index (χ2v) is 13.4. The zero-order chi connectivity index (χ0) is 20.6. The molecule has 2 rings (SSSR count). The summed E-state index contributed by atoms with van der Waals surface area (Å²) in [6, 6.07) is 7.36. The standard InChI is InChI=1S/C20H28ClFN2O2Si/c1-19(2,3)24-18(25)17(21)16(12-23-24)26-13-14-8-10-15(11-9-14)27(7,22)20(4,5)6/h8-12H,13H2,1-7H3. The van der Waals surface area contributed by atoms with Crippen molar-refractivity contribution in [3.05, 3.63) is 51.4 Å². The second kappa shape index (κ2) is 7.39. The monoisotopic (exact) mass is 410 g/mol. The second-order valence-electron chi connectivity index (χ2n) is 8.95. The topological polar surface area (TPSA) is 44.1 Å². The number of hydrogen-bond acceptors (Lipinski definition) is 3. The molecule has 148 valence electrons. The van der Waals surface area contributed by atoms with Gasteiger partial charge in [0.25, 0.3) is 14.0 Å². The van der Waals surface area contributed by atoms with Crippen molar-refractivity contribution in [1.29, 1.82) is 0 Å². The Hall–Kier alpha value is -1.66. The third kappa shape index (κ3) is 4.61. The quantitative estimate of drug-likeness (QED) is 0.538. The SMILES string of the molecule is CC(C)(C)n1ncc(OCc2ccc([Si](C)(F)C(C)(C)C)cc2)c(Cl)c1=O. The molecular weight excluding hydrogens is 383 g/mol. The Bertz CT molecular complexity index is 866. The third-order valence-electron chi connectivity index (χ3n) is 4.82. The van der Waals surface area contributed by atoms with Crippen LogP contribution >= 0.6 is 11.6 Å². The van der Waals surface area contributed by atoms with Crippen molar-refractivity contribution >= 4 is 25.2 Å². The summed E-state index contributed by atoms with van der Waals surface area (Å²) in [5.74, 6) is 0.241. The van der Waals surface area contributed by atoms with Gasteiger partial charge in [-0.2, -0.15) is 5.10 Å². The highest BCUT2D eigenvalue weighted by Crippen LogP contribution is 2.36. The summed E-state index contributed by atoms with van der Waals surface area (Å²) in [4.78, 5) is 12.3. The average Bonchev–Trinajstić information content (AvgIpc) is 2.54. The normalized spacial score (nSPS) is 14.7. The molecule has 1 aromatic carbocycles. The van der Waals surface area contributed by atoms with E-state index in [0.29, 0.717) is 0 Å². The summed E-state index contributed by atoms with van der Waals surface area (Å²) in [7, 11) is -3.05. The fourth-order valence-corrected chi connectivity index (χ4v) is 4.35. The molecule has 0 aliphatic heterocycles. The lowest BCUT2D eigenvalue weighted by molar-refractivity contribution is 0.292. The first-order chi connectivity index (χ1) is 12.2. The minimum atomic E-state index is -3.05. The van der Waals surface area contributed by atoms with Gasteiger partial charge in [0.2, 0.25) is 0 Å². The Morgan fingerprint density at radius 3 is 2.19 bits per heavy atom. The highest BCUT2D eigenvalue weighted by atomic mass is 35.5. The lowest BCUT2D eigenvalue weighted by atomic mass is 10.1. The van der Waals surface area contributed by atoms with Crippen LogP contribution in [0, 0.1) is 0 Å². The van der Waals surface area contributed by atoms with Crippen molar-refractivity contribution in [1.82, 2.24) is 9.78 Å². The zero-order valence-corrected chi connectivity index (χ0v) is 18.8. The van der Waals surface area contributed by atoms with Gasteiger partial charge in [-0.1, -0.05) is 56.6 Å². The van der Waals surface area contributed by atoms with E-state index in [1.54, 1.807) is 6.55 Å². The van der Waals surface area contributed by atoms with Crippen LogP contribution in [0.3, 0.4) is 0 Å². The maximum absolute atomic E-state index is 15.2. The third-order valence-corrected chi connectivity index (χ3v) is 9.40. The molecule has 1 aromatic heterocycles. The van der Waals surface area contributed by atoms with Crippen molar-refractivity contribution in [2.75, 3.05) is 0 Å². The van der Waals surface area contributed by atoms with E-state index in [0.717, 1.165) is 10.8 Å². The van der Waals surface area contributed by atoms with Crippen LogP contribution in [0.4, 0.5) is 4.11 Å². The van der Waals surface area contributed by atoms with Crippen molar-refractivity contribution in [3.8, 4) is 5.75 Å². The lowest BCUT2D eigenvalue weighted by Gasteiger charge is -2.32. The summed E-state index contributed by atoms with van der Waals surface area (Å²) < 4.78 is 22.2. The van der Waals surface area contributed by atoms with E-state index in [1.807, 2.05) is 65.8 Å². The Morgan fingerprint density at radius 2 is 1.70 bits per heavy atom. The Balaban J connectivity index is 2.17. The fraction of sp³-hybridized carbons (Fsp3) is 0.500. The molecule has 0 saturated heterocycles. The number of halogens is 2. The predicted molar refractivity (Wildman–Crippen MR) is 111 cm³/mol. The molecule has 0 saturated carbocycles. The van der Waals surface area contributed by atoms with Crippen molar-refractivity contribution in [3.63, 3.8) is 0 Å². The largest absolute Gasteiger partial charge is 0.485 e.